The van der Waals surface area contributed by atoms with Crippen LogP contribution < -0.4 is 4.90 Å². The number of amides is 1. The number of hydrogen-bond donors (Lipinski definition) is 0. The van der Waals surface area contributed by atoms with Crippen LogP contribution in [0.5, 0.6) is 0 Å². The molecule has 0 N–H and O–H groups in total. The molecule has 0 spiro atoms. The standard InChI is InChI=1S/C22H29N5O/c1-3-26(4-2)22(28)20-17-24-21(18-23-20)27-15-13-25(14-16-27)12-8-11-19-9-6-5-7-10-19/h5-11,17-18H,3-4,12-16H2,1-2H3/b11-8+. The minimum Gasteiger partial charge on any atom is -0.353 e. The molecule has 6 nitrogen and oxygen atoms in total. The predicted molar refractivity (Wildman–Crippen MR) is 113 cm³/mol. The van der Waals surface area contributed by atoms with Crippen molar-refractivity contribution in [2.24, 2.45) is 0 Å². The van der Waals surface area contributed by atoms with E-state index in [1.807, 2.05) is 19.9 Å². The van der Waals surface area contributed by atoms with Crippen molar-refractivity contribution in [3.8, 4) is 0 Å². The molecule has 0 bridgehead atoms. The van der Waals surface area contributed by atoms with Crippen molar-refractivity contribution < 1.29 is 4.79 Å². The average molecular weight is 380 g/mol. The Hall–Kier alpha value is -2.73. The molecular formula is C22H29N5O. The Labute approximate surface area is 167 Å². The van der Waals surface area contributed by atoms with E-state index in [0.717, 1.165) is 38.5 Å². The smallest absolute Gasteiger partial charge is 0.274 e. The second-order valence-electron chi connectivity index (χ2n) is 6.84. The van der Waals surface area contributed by atoms with Crippen molar-refractivity contribution in [1.82, 2.24) is 19.8 Å². The molecule has 1 saturated heterocycles. The molecule has 28 heavy (non-hydrogen) atoms. The van der Waals surface area contributed by atoms with Gasteiger partial charge in [-0.25, -0.2) is 9.97 Å². The van der Waals surface area contributed by atoms with Crippen LogP contribution in [0, 0.1) is 0 Å². The highest BCUT2D eigenvalue weighted by molar-refractivity contribution is 5.92. The zero-order chi connectivity index (χ0) is 19.8. The van der Waals surface area contributed by atoms with Crippen LogP contribution in [-0.2, 0) is 0 Å². The number of piperazine rings is 1. The van der Waals surface area contributed by atoms with E-state index >= 15 is 0 Å². The second-order valence-corrected chi connectivity index (χ2v) is 6.84. The molecule has 1 fully saturated rings. The summed E-state index contributed by atoms with van der Waals surface area (Å²) in [6, 6.07) is 10.4. The molecule has 0 radical (unpaired) electrons. The number of aromatic nitrogens is 2. The van der Waals surface area contributed by atoms with Crippen molar-refractivity contribution in [3.63, 3.8) is 0 Å². The van der Waals surface area contributed by atoms with Gasteiger partial charge in [-0.05, 0) is 19.4 Å². The first-order valence-corrected chi connectivity index (χ1v) is 10.0. The van der Waals surface area contributed by atoms with Gasteiger partial charge in [-0.1, -0.05) is 42.5 Å². The minimum atomic E-state index is -0.0564. The van der Waals surface area contributed by atoms with Crippen LogP contribution in [0.4, 0.5) is 5.82 Å². The topological polar surface area (TPSA) is 52.6 Å². The molecule has 0 aliphatic carbocycles. The third-order valence-corrected chi connectivity index (χ3v) is 5.08. The van der Waals surface area contributed by atoms with Crippen LogP contribution >= 0.6 is 0 Å². The number of carbonyl (C=O) groups is 1. The lowest BCUT2D eigenvalue weighted by Crippen LogP contribution is -2.46. The van der Waals surface area contributed by atoms with Crippen LogP contribution in [0.15, 0.2) is 48.8 Å². The highest BCUT2D eigenvalue weighted by atomic mass is 16.2. The predicted octanol–water partition coefficient (Wildman–Crippen LogP) is 2.79. The van der Waals surface area contributed by atoms with Crippen molar-refractivity contribution in [2.75, 3.05) is 50.7 Å². The quantitative estimate of drug-likeness (QED) is 0.740. The number of carbonyl (C=O) groups excluding carboxylic acids is 1. The zero-order valence-corrected chi connectivity index (χ0v) is 16.8. The summed E-state index contributed by atoms with van der Waals surface area (Å²) in [5.41, 5.74) is 1.65. The van der Waals surface area contributed by atoms with Gasteiger partial charge < -0.3 is 9.80 Å². The molecule has 0 atom stereocenters. The summed E-state index contributed by atoms with van der Waals surface area (Å²) in [7, 11) is 0. The molecule has 0 unspecified atom stereocenters. The van der Waals surface area contributed by atoms with Crippen molar-refractivity contribution in [2.45, 2.75) is 13.8 Å². The maximum Gasteiger partial charge on any atom is 0.274 e. The maximum absolute atomic E-state index is 12.3. The molecule has 1 aliphatic rings. The Morgan fingerprint density at radius 3 is 2.36 bits per heavy atom. The van der Waals surface area contributed by atoms with Gasteiger partial charge in [0, 0.05) is 45.8 Å². The van der Waals surface area contributed by atoms with E-state index in [1.165, 1.54) is 5.56 Å². The molecule has 1 aliphatic heterocycles. The zero-order valence-electron chi connectivity index (χ0n) is 16.8. The Morgan fingerprint density at radius 1 is 1.04 bits per heavy atom. The number of hydrogen-bond acceptors (Lipinski definition) is 5. The van der Waals surface area contributed by atoms with Crippen molar-refractivity contribution >= 4 is 17.8 Å². The molecule has 3 rings (SSSR count). The highest BCUT2D eigenvalue weighted by Gasteiger charge is 2.19. The van der Waals surface area contributed by atoms with Crippen LogP contribution in [-0.4, -0.2) is 71.5 Å². The maximum atomic E-state index is 12.3. The first-order chi connectivity index (χ1) is 13.7. The van der Waals surface area contributed by atoms with Gasteiger partial charge in [-0.2, -0.15) is 0 Å². The van der Waals surface area contributed by atoms with Gasteiger partial charge in [0.1, 0.15) is 11.5 Å². The lowest BCUT2D eigenvalue weighted by molar-refractivity contribution is 0.0766. The Morgan fingerprint density at radius 2 is 1.75 bits per heavy atom. The minimum absolute atomic E-state index is 0.0564. The normalized spacial score (nSPS) is 15.1. The Balaban J connectivity index is 1.49. The van der Waals surface area contributed by atoms with Crippen molar-refractivity contribution in [3.05, 3.63) is 60.1 Å². The third kappa shape index (κ3) is 5.16. The Bertz CT molecular complexity index is 763. The number of anilines is 1. The van der Waals surface area contributed by atoms with Gasteiger partial charge in [-0.15, -0.1) is 0 Å². The number of rotatable bonds is 7. The van der Waals surface area contributed by atoms with Gasteiger partial charge in [0.15, 0.2) is 0 Å². The molecule has 1 aromatic heterocycles. The first kappa shape index (κ1) is 20.0. The first-order valence-electron chi connectivity index (χ1n) is 10.0. The number of benzene rings is 1. The Kier molecular flexibility index (Phi) is 7.14. The summed E-state index contributed by atoms with van der Waals surface area (Å²) >= 11 is 0. The van der Waals surface area contributed by atoms with Crippen LogP contribution in [0.2, 0.25) is 0 Å². The van der Waals surface area contributed by atoms with E-state index in [4.69, 9.17) is 0 Å². The van der Waals surface area contributed by atoms with Crippen molar-refractivity contribution in [1.29, 1.82) is 0 Å². The van der Waals surface area contributed by atoms with E-state index in [1.54, 1.807) is 17.3 Å². The molecule has 2 heterocycles. The summed E-state index contributed by atoms with van der Waals surface area (Å²) in [5, 5.41) is 0. The fourth-order valence-electron chi connectivity index (χ4n) is 3.33. The van der Waals surface area contributed by atoms with Gasteiger partial charge in [-0.3, -0.25) is 9.69 Å². The van der Waals surface area contributed by atoms with E-state index in [9.17, 15) is 4.79 Å². The van der Waals surface area contributed by atoms with Gasteiger partial charge >= 0.3 is 0 Å². The lowest BCUT2D eigenvalue weighted by Gasteiger charge is -2.34. The van der Waals surface area contributed by atoms with Crippen LogP contribution in [0.25, 0.3) is 6.08 Å². The van der Waals surface area contributed by atoms with Gasteiger partial charge in [0.2, 0.25) is 0 Å². The van der Waals surface area contributed by atoms with E-state index in [2.05, 4.69) is 56.2 Å². The summed E-state index contributed by atoms with van der Waals surface area (Å²) in [6.45, 7) is 10.1. The average Bonchev–Trinajstić information content (AvgIpc) is 2.76. The molecule has 1 amide bonds. The number of nitrogens with zero attached hydrogens (tertiary/aromatic N) is 5. The summed E-state index contributed by atoms with van der Waals surface area (Å²) in [6.07, 6.45) is 7.72. The molecular weight excluding hydrogens is 350 g/mol. The molecule has 0 saturated carbocycles. The van der Waals surface area contributed by atoms with E-state index in [0.29, 0.717) is 18.8 Å². The summed E-state index contributed by atoms with van der Waals surface area (Å²) < 4.78 is 0. The SMILES string of the molecule is CCN(CC)C(=O)c1cnc(N2CCN(C/C=C/c3ccccc3)CC2)cn1. The van der Waals surface area contributed by atoms with E-state index < -0.39 is 0 Å². The third-order valence-electron chi connectivity index (χ3n) is 5.08. The summed E-state index contributed by atoms with van der Waals surface area (Å²) in [5.74, 6) is 0.787. The second kappa shape index (κ2) is 9.99. The fraction of sp³-hybridized carbons (Fsp3) is 0.409. The summed E-state index contributed by atoms with van der Waals surface area (Å²) in [4.78, 5) is 27.6. The molecule has 1 aromatic carbocycles. The fourth-order valence-corrected chi connectivity index (χ4v) is 3.33. The monoisotopic (exact) mass is 379 g/mol. The van der Waals surface area contributed by atoms with Crippen LogP contribution in [0.1, 0.15) is 29.9 Å². The van der Waals surface area contributed by atoms with Gasteiger partial charge in [0.05, 0.1) is 12.4 Å². The largest absolute Gasteiger partial charge is 0.353 e. The molecule has 6 heteroatoms. The molecule has 148 valence electrons. The van der Waals surface area contributed by atoms with Gasteiger partial charge in [0.25, 0.3) is 5.91 Å². The highest BCUT2D eigenvalue weighted by Crippen LogP contribution is 2.13. The van der Waals surface area contributed by atoms with Crippen LogP contribution in [0.3, 0.4) is 0 Å². The lowest BCUT2D eigenvalue weighted by atomic mass is 10.2. The molecule has 2 aromatic rings. The van der Waals surface area contributed by atoms with E-state index in [-0.39, 0.29) is 5.91 Å².